The minimum absolute atomic E-state index is 0.227. The van der Waals surface area contributed by atoms with Crippen LogP contribution in [0.2, 0.25) is 0 Å². The molecule has 0 amide bonds. The summed E-state index contributed by atoms with van der Waals surface area (Å²) in [6.07, 6.45) is 2.34. The van der Waals surface area contributed by atoms with Gasteiger partial charge in [-0.05, 0) is 37.1 Å². The summed E-state index contributed by atoms with van der Waals surface area (Å²) in [4.78, 5) is 0. The van der Waals surface area contributed by atoms with Crippen LogP contribution in [-0.2, 0) is 13.5 Å². The second kappa shape index (κ2) is 5.20. The molecule has 1 aromatic carbocycles. The summed E-state index contributed by atoms with van der Waals surface area (Å²) in [6, 6.07) is 4.64. The molecule has 0 bridgehead atoms. The van der Waals surface area contributed by atoms with Crippen LogP contribution in [0.1, 0.15) is 22.9 Å². The molecule has 0 radical (unpaired) electrons. The Morgan fingerprint density at radius 2 is 2.22 bits per heavy atom. The number of hydrogen-bond acceptors (Lipinski definition) is 2. The fourth-order valence-electron chi connectivity index (χ4n) is 2.03. The van der Waals surface area contributed by atoms with Crippen molar-refractivity contribution in [3.8, 4) is 0 Å². The lowest BCUT2D eigenvalue weighted by Crippen LogP contribution is -2.14. The van der Waals surface area contributed by atoms with Crippen LogP contribution in [0.5, 0.6) is 0 Å². The number of benzene rings is 1. The third kappa shape index (κ3) is 2.79. The van der Waals surface area contributed by atoms with Gasteiger partial charge in [0, 0.05) is 29.3 Å². The van der Waals surface area contributed by atoms with Gasteiger partial charge in [0.1, 0.15) is 5.82 Å². The minimum atomic E-state index is -0.248. The van der Waals surface area contributed by atoms with Gasteiger partial charge in [0.05, 0.1) is 5.69 Å². The van der Waals surface area contributed by atoms with E-state index in [1.807, 2.05) is 20.2 Å². The van der Waals surface area contributed by atoms with Gasteiger partial charge in [-0.15, -0.1) is 0 Å². The van der Waals surface area contributed by atoms with Gasteiger partial charge in [-0.2, -0.15) is 5.10 Å². The summed E-state index contributed by atoms with van der Waals surface area (Å²) in [6.45, 7) is 1.91. The second-order valence-corrected chi connectivity index (χ2v) is 5.31. The largest absolute Gasteiger partial charge is 0.324 e. The smallest absolute Gasteiger partial charge is 0.126 e. The van der Waals surface area contributed by atoms with Gasteiger partial charge in [-0.25, -0.2) is 4.39 Å². The van der Waals surface area contributed by atoms with Crippen LogP contribution in [-0.4, -0.2) is 9.78 Å². The lowest BCUT2D eigenvalue weighted by molar-refractivity contribution is 0.592. The molecule has 2 aromatic rings. The quantitative estimate of drug-likeness (QED) is 0.947. The Labute approximate surface area is 114 Å². The van der Waals surface area contributed by atoms with Crippen molar-refractivity contribution in [2.24, 2.45) is 12.8 Å². The van der Waals surface area contributed by atoms with E-state index in [-0.39, 0.29) is 11.9 Å². The fourth-order valence-corrected chi connectivity index (χ4v) is 2.44. The van der Waals surface area contributed by atoms with Crippen LogP contribution in [0.15, 0.2) is 28.9 Å². The molecule has 0 aliphatic rings. The van der Waals surface area contributed by atoms with Gasteiger partial charge in [-0.3, -0.25) is 4.68 Å². The minimum Gasteiger partial charge on any atom is -0.324 e. The van der Waals surface area contributed by atoms with Gasteiger partial charge in [0.15, 0.2) is 0 Å². The summed E-state index contributed by atoms with van der Waals surface area (Å²) in [5.74, 6) is -0.227. The van der Waals surface area contributed by atoms with Crippen molar-refractivity contribution in [3.63, 3.8) is 0 Å². The number of rotatable bonds is 3. The zero-order valence-electron chi connectivity index (χ0n) is 10.3. The first kappa shape index (κ1) is 13.2. The maximum Gasteiger partial charge on any atom is 0.126 e. The predicted octanol–water partition coefficient (Wildman–Crippen LogP) is 2.87. The van der Waals surface area contributed by atoms with Crippen molar-refractivity contribution >= 4 is 15.9 Å². The van der Waals surface area contributed by atoms with E-state index in [0.29, 0.717) is 12.0 Å². The van der Waals surface area contributed by atoms with E-state index in [4.69, 9.17) is 5.73 Å². The second-order valence-electron chi connectivity index (χ2n) is 4.39. The maximum atomic E-state index is 13.7. The van der Waals surface area contributed by atoms with Crippen molar-refractivity contribution in [1.82, 2.24) is 9.78 Å². The van der Waals surface area contributed by atoms with E-state index in [0.717, 1.165) is 15.7 Å². The van der Waals surface area contributed by atoms with E-state index >= 15 is 0 Å². The SMILES string of the molecule is Cc1nn(C)cc1C(N)Cc1cc(Br)ccc1F. The van der Waals surface area contributed by atoms with Crippen LogP contribution in [0.25, 0.3) is 0 Å². The molecule has 0 fully saturated rings. The molecule has 0 aliphatic heterocycles. The van der Waals surface area contributed by atoms with Gasteiger partial charge in [0.2, 0.25) is 0 Å². The van der Waals surface area contributed by atoms with Crippen LogP contribution in [0.4, 0.5) is 4.39 Å². The predicted molar refractivity (Wildman–Crippen MR) is 72.7 cm³/mol. The van der Waals surface area contributed by atoms with Crippen molar-refractivity contribution in [1.29, 1.82) is 0 Å². The summed E-state index contributed by atoms with van der Waals surface area (Å²) in [5, 5.41) is 4.25. The molecule has 2 N–H and O–H groups in total. The molecule has 0 saturated heterocycles. The van der Waals surface area contributed by atoms with Crippen molar-refractivity contribution < 1.29 is 4.39 Å². The average molecular weight is 312 g/mol. The lowest BCUT2D eigenvalue weighted by Gasteiger charge is -2.11. The number of aryl methyl sites for hydroxylation is 2. The third-order valence-corrected chi connectivity index (χ3v) is 3.39. The van der Waals surface area contributed by atoms with Crippen LogP contribution in [0, 0.1) is 12.7 Å². The first-order valence-electron chi connectivity index (χ1n) is 5.67. The topological polar surface area (TPSA) is 43.8 Å². The van der Waals surface area contributed by atoms with Crippen LogP contribution >= 0.6 is 15.9 Å². The van der Waals surface area contributed by atoms with Crippen LogP contribution in [0.3, 0.4) is 0 Å². The van der Waals surface area contributed by atoms with E-state index in [2.05, 4.69) is 21.0 Å². The molecule has 2 rings (SSSR count). The number of nitrogens with two attached hydrogens (primary N) is 1. The summed E-state index contributed by atoms with van der Waals surface area (Å²) in [5.41, 5.74) is 8.58. The standard InChI is InChI=1S/C13H15BrFN3/c1-8-11(7-18(2)17-8)13(16)6-9-5-10(14)3-4-12(9)15/h3-5,7,13H,6,16H2,1-2H3. The van der Waals surface area contributed by atoms with Crippen molar-refractivity contribution in [3.05, 3.63) is 51.5 Å². The molecule has 0 saturated carbocycles. The Morgan fingerprint density at radius 3 is 2.83 bits per heavy atom. The Bertz CT molecular complexity index is 565. The van der Waals surface area contributed by atoms with Gasteiger partial charge in [0.25, 0.3) is 0 Å². The van der Waals surface area contributed by atoms with E-state index in [1.54, 1.807) is 16.8 Å². The third-order valence-electron chi connectivity index (χ3n) is 2.90. The normalized spacial score (nSPS) is 12.7. The highest BCUT2D eigenvalue weighted by Gasteiger charge is 2.15. The molecule has 1 aromatic heterocycles. The van der Waals surface area contributed by atoms with E-state index < -0.39 is 0 Å². The zero-order chi connectivity index (χ0) is 13.3. The average Bonchev–Trinajstić information content (AvgIpc) is 2.63. The molecule has 96 valence electrons. The van der Waals surface area contributed by atoms with Crippen LogP contribution < -0.4 is 5.73 Å². The first-order valence-corrected chi connectivity index (χ1v) is 6.46. The highest BCUT2D eigenvalue weighted by atomic mass is 79.9. The number of halogens is 2. The van der Waals surface area contributed by atoms with Gasteiger partial charge < -0.3 is 5.73 Å². The van der Waals surface area contributed by atoms with Crippen molar-refractivity contribution in [2.75, 3.05) is 0 Å². The summed E-state index contributed by atoms with van der Waals surface area (Å²) >= 11 is 3.34. The highest BCUT2D eigenvalue weighted by Crippen LogP contribution is 2.22. The molecule has 0 aliphatic carbocycles. The van der Waals surface area contributed by atoms with Gasteiger partial charge >= 0.3 is 0 Å². The lowest BCUT2D eigenvalue weighted by atomic mass is 10.00. The zero-order valence-corrected chi connectivity index (χ0v) is 11.9. The van der Waals surface area contributed by atoms with Gasteiger partial charge in [-0.1, -0.05) is 15.9 Å². The molecule has 5 heteroatoms. The Hall–Kier alpha value is -1.20. The Morgan fingerprint density at radius 1 is 1.50 bits per heavy atom. The molecule has 18 heavy (non-hydrogen) atoms. The van der Waals surface area contributed by atoms with E-state index in [1.165, 1.54) is 6.07 Å². The monoisotopic (exact) mass is 311 g/mol. The Balaban J connectivity index is 2.23. The molecule has 0 spiro atoms. The molecule has 1 unspecified atom stereocenters. The Kier molecular flexibility index (Phi) is 3.82. The molecule has 1 heterocycles. The van der Waals surface area contributed by atoms with Crippen molar-refractivity contribution in [2.45, 2.75) is 19.4 Å². The maximum absolute atomic E-state index is 13.7. The fraction of sp³-hybridized carbons (Fsp3) is 0.308. The van der Waals surface area contributed by atoms with E-state index in [9.17, 15) is 4.39 Å². The molecular weight excluding hydrogens is 297 g/mol. The summed E-state index contributed by atoms with van der Waals surface area (Å²) < 4.78 is 16.2. The number of nitrogens with zero attached hydrogens (tertiary/aromatic N) is 2. The highest BCUT2D eigenvalue weighted by molar-refractivity contribution is 9.10. The molecule has 3 nitrogen and oxygen atoms in total. The number of hydrogen-bond donors (Lipinski definition) is 1. The first-order chi connectivity index (χ1) is 8.47. The number of aromatic nitrogens is 2. The molecule has 1 atom stereocenters. The summed E-state index contributed by atoms with van der Waals surface area (Å²) in [7, 11) is 1.85. The molecular formula is C13H15BrFN3.